The molecule has 0 bridgehead atoms. The van der Waals surface area contributed by atoms with Crippen molar-refractivity contribution in [3.05, 3.63) is 35.4 Å². The van der Waals surface area contributed by atoms with Crippen molar-refractivity contribution in [2.75, 3.05) is 13.1 Å². The van der Waals surface area contributed by atoms with Crippen molar-refractivity contribution in [1.82, 2.24) is 5.32 Å². The van der Waals surface area contributed by atoms with Gasteiger partial charge in [-0.3, -0.25) is 0 Å². The summed E-state index contributed by atoms with van der Waals surface area (Å²) in [4.78, 5) is 0. The standard InChI is InChI=1S/C13H18N2/c1-2-15-11-9-13-7-4-3-6-12(13)8-5-10-14/h3-4,6-7,15H,2,5,8-9,11H2,1H3. The highest BCUT2D eigenvalue weighted by molar-refractivity contribution is 5.27. The lowest BCUT2D eigenvalue weighted by Crippen LogP contribution is -2.16. The molecule has 2 nitrogen and oxygen atoms in total. The second kappa shape index (κ2) is 7.03. The largest absolute Gasteiger partial charge is 0.317 e. The van der Waals surface area contributed by atoms with E-state index in [1.807, 2.05) is 6.07 Å². The van der Waals surface area contributed by atoms with Gasteiger partial charge in [-0.05, 0) is 37.1 Å². The Balaban J connectivity index is 2.56. The van der Waals surface area contributed by atoms with Crippen LogP contribution < -0.4 is 5.32 Å². The fraction of sp³-hybridized carbons (Fsp3) is 0.462. The Hall–Kier alpha value is -1.33. The molecule has 1 aromatic carbocycles. The Bertz CT molecular complexity index is 326. The van der Waals surface area contributed by atoms with Gasteiger partial charge in [0.15, 0.2) is 0 Å². The van der Waals surface area contributed by atoms with E-state index in [1.54, 1.807) is 0 Å². The molecule has 0 unspecified atom stereocenters. The fourth-order valence-electron chi connectivity index (χ4n) is 1.64. The zero-order valence-corrected chi connectivity index (χ0v) is 9.29. The minimum atomic E-state index is 0.609. The Morgan fingerprint density at radius 1 is 1.20 bits per heavy atom. The minimum absolute atomic E-state index is 0.609. The molecule has 0 amide bonds. The van der Waals surface area contributed by atoms with Crippen LogP contribution in [-0.2, 0) is 12.8 Å². The minimum Gasteiger partial charge on any atom is -0.317 e. The van der Waals surface area contributed by atoms with Crippen molar-refractivity contribution in [2.45, 2.75) is 26.2 Å². The van der Waals surface area contributed by atoms with Gasteiger partial charge in [0.05, 0.1) is 6.07 Å². The second-order valence-electron chi connectivity index (χ2n) is 3.53. The molecule has 15 heavy (non-hydrogen) atoms. The summed E-state index contributed by atoms with van der Waals surface area (Å²) in [6.07, 6.45) is 2.53. The lowest BCUT2D eigenvalue weighted by molar-refractivity contribution is 0.712. The topological polar surface area (TPSA) is 35.8 Å². The maximum Gasteiger partial charge on any atom is 0.0625 e. The molecule has 0 aromatic heterocycles. The summed E-state index contributed by atoms with van der Waals surface area (Å²) < 4.78 is 0. The first-order chi connectivity index (χ1) is 7.38. The predicted molar refractivity (Wildman–Crippen MR) is 62.6 cm³/mol. The number of hydrogen-bond acceptors (Lipinski definition) is 2. The first kappa shape index (κ1) is 11.7. The SMILES string of the molecule is CCNCCc1ccccc1CCC#N. The van der Waals surface area contributed by atoms with E-state index in [1.165, 1.54) is 11.1 Å². The number of likely N-dealkylation sites (N-methyl/N-ethyl adjacent to an activating group) is 1. The van der Waals surface area contributed by atoms with Crippen LogP contribution in [0.3, 0.4) is 0 Å². The molecule has 0 saturated heterocycles. The summed E-state index contributed by atoms with van der Waals surface area (Å²) in [6, 6.07) is 10.6. The number of nitrogens with one attached hydrogen (secondary N) is 1. The molecular formula is C13H18N2. The van der Waals surface area contributed by atoms with Crippen molar-refractivity contribution < 1.29 is 0 Å². The zero-order valence-electron chi connectivity index (χ0n) is 9.29. The van der Waals surface area contributed by atoms with Gasteiger partial charge in [0.25, 0.3) is 0 Å². The number of rotatable bonds is 6. The number of nitriles is 1. The first-order valence-corrected chi connectivity index (χ1v) is 5.53. The summed E-state index contributed by atoms with van der Waals surface area (Å²) >= 11 is 0. The number of aryl methyl sites for hydroxylation is 1. The average Bonchev–Trinajstić information content (AvgIpc) is 2.28. The van der Waals surface area contributed by atoms with Crippen molar-refractivity contribution in [3.8, 4) is 6.07 Å². The van der Waals surface area contributed by atoms with Crippen LogP contribution in [0.5, 0.6) is 0 Å². The maximum atomic E-state index is 8.57. The third-order valence-corrected chi connectivity index (χ3v) is 2.45. The summed E-state index contributed by atoms with van der Waals surface area (Å²) in [6.45, 7) is 4.14. The second-order valence-corrected chi connectivity index (χ2v) is 3.53. The van der Waals surface area contributed by atoms with E-state index in [0.29, 0.717) is 6.42 Å². The van der Waals surface area contributed by atoms with Gasteiger partial charge in [0.1, 0.15) is 0 Å². The molecular weight excluding hydrogens is 184 g/mol. The molecule has 80 valence electrons. The Morgan fingerprint density at radius 2 is 1.87 bits per heavy atom. The van der Waals surface area contributed by atoms with Gasteiger partial charge in [0, 0.05) is 6.42 Å². The molecule has 1 aromatic rings. The van der Waals surface area contributed by atoms with Gasteiger partial charge in [-0.25, -0.2) is 0 Å². The molecule has 2 heteroatoms. The Morgan fingerprint density at radius 3 is 2.47 bits per heavy atom. The van der Waals surface area contributed by atoms with Gasteiger partial charge < -0.3 is 5.32 Å². The molecule has 0 radical (unpaired) electrons. The molecule has 0 atom stereocenters. The number of nitrogens with zero attached hydrogens (tertiary/aromatic N) is 1. The zero-order chi connectivity index (χ0) is 10.9. The summed E-state index contributed by atoms with van der Waals surface area (Å²) in [5.74, 6) is 0. The van der Waals surface area contributed by atoms with E-state index in [9.17, 15) is 0 Å². The third-order valence-electron chi connectivity index (χ3n) is 2.45. The average molecular weight is 202 g/mol. The first-order valence-electron chi connectivity index (χ1n) is 5.53. The molecule has 0 fully saturated rings. The normalized spacial score (nSPS) is 9.87. The molecule has 0 aliphatic rings. The summed E-state index contributed by atoms with van der Waals surface area (Å²) in [5.41, 5.74) is 2.69. The van der Waals surface area contributed by atoms with Gasteiger partial charge in [-0.15, -0.1) is 0 Å². The Labute approximate surface area is 91.9 Å². The van der Waals surface area contributed by atoms with Crippen LogP contribution in [-0.4, -0.2) is 13.1 Å². The van der Waals surface area contributed by atoms with Crippen molar-refractivity contribution in [1.29, 1.82) is 5.26 Å². The molecule has 0 heterocycles. The van der Waals surface area contributed by atoms with Crippen LogP contribution in [0, 0.1) is 11.3 Å². The predicted octanol–water partition coefficient (Wildman–Crippen LogP) is 2.29. The third kappa shape index (κ3) is 4.14. The lowest BCUT2D eigenvalue weighted by atomic mass is 10.0. The summed E-state index contributed by atoms with van der Waals surface area (Å²) in [5, 5.41) is 11.9. The van der Waals surface area contributed by atoms with Crippen LogP contribution in [0.1, 0.15) is 24.5 Å². The highest BCUT2D eigenvalue weighted by Crippen LogP contribution is 2.11. The van der Waals surface area contributed by atoms with E-state index in [-0.39, 0.29) is 0 Å². The maximum absolute atomic E-state index is 8.57. The number of benzene rings is 1. The van der Waals surface area contributed by atoms with E-state index in [0.717, 1.165) is 25.9 Å². The fourth-order valence-corrected chi connectivity index (χ4v) is 1.64. The molecule has 0 aliphatic carbocycles. The van der Waals surface area contributed by atoms with Gasteiger partial charge in [-0.1, -0.05) is 31.2 Å². The van der Waals surface area contributed by atoms with Crippen molar-refractivity contribution in [2.24, 2.45) is 0 Å². The summed E-state index contributed by atoms with van der Waals surface area (Å²) in [7, 11) is 0. The van der Waals surface area contributed by atoms with Crippen molar-refractivity contribution >= 4 is 0 Å². The van der Waals surface area contributed by atoms with E-state index >= 15 is 0 Å². The van der Waals surface area contributed by atoms with Crippen LogP contribution in [0.15, 0.2) is 24.3 Å². The van der Waals surface area contributed by atoms with Crippen LogP contribution in [0.2, 0.25) is 0 Å². The monoisotopic (exact) mass is 202 g/mol. The Kier molecular flexibility index (Phi) is 5.50. The molecule has 0 aliphatic heterocycles. The highest BCUT2D eigenvalue weighted by atomic mass is 14.8. The van der Waals surface area contributed by atoms with E-state index in [4.69, 9.17) is 5.26 Å². The van der Waals surface area contributed by atoms with Crippen molar-refractivity contribution in [3.63, 3.8) is 0 Å². The van der Waals surface area contributed by atoms with Crippen LogP contribution in [0.25, 0.3) is 0 Å². The quantitative estimate of drug-likeness (QED) is 0.718. The van der Waals surface area contributed by atoms with Gasteiger partial charge >= 0.3 is 0 Å². The molecule has 0 spiro atoms. The van der Waals surface area contributed by atoms with Crippen LogP contribution >= 0.6 is 0 Å². The molecule has 0 saturated carbocycles. The molecule has 1 N–H and O–H groups in total. The van der Waals surface area contributed by atoms with Gasteiger partial charge in [-0.2, -0.15) is 5.26 Å². The van der Waals surface area contributed by atoms with E-state index < -0.39 is 0 Å². The van der Waals surface area contributed by atoms with Gasteiger partial charge in [0.2, 0.25) is 0 Å². The lowest BCUT2D eigenvalue weighted by Gasteiger charge is -2.08. The smallest absolute Gasteiger partial charge is 0.0625 e. The van der Waals surface area contributed by atoms with Crippen LogP contribution in [0.4, 0.5) is 0 Å². The highest BCUT2D eigenvalue weighted by Gasteiger charge is 2.00. The molecule has 1 rings (SSSR count). The van der Waals surface area contributed by atoms with E-state index in [2.05, 4.69) is 36.5 Å². The number of hydrogen-bond donors (Lipinski definition) is 1.